The van der Waals surface area contributed by atoms with Crippen molar-refractivity contribution in [1.82, 2.24) is 0 Å². The molecule has 5 heteroatoms. The van der Waals surface area contributed by atoms with Crippen molar-refractivity contribution in [3.05, 3.63) is 35.4 Å². The fraction of sp³-hybridized carbons (Fsp3) is 0.455. The van der Waals surface area contributed by atoms with Crippen LogP contribution in [0.1, 0.15) is 37.0 Å². The molecule has 0 aliphatic rings. The molecule has 0 aliphatic heterocycles. The molecule has 0 bridgehead atoms. The van der Waals surface area contributed by atoms with Gasteiger partial charge < -0.3 is 0 Å². The van der Waals surface area contributed by atoms with Crippen LogP contribution in [-0.2, 0) is 14.6 Å². The molecule has 1 rings (SSSR count). The molecule has 1 atom stereocenters. The van der Waals surface area contributed by atoms with Gasteiger partial charge in [-0.3, -0.25) is 4.55 Å². The van der Waals surface area contributed by atoms with E-state index >= 15 is 0 Å². The first-order valence-corrected chi connectivity index (χ1v) is 6.51. The molecule has 0 saturated heterocycles. The lowest BCUT2D eigenvalue weighted by molar-refractivity contribution is 0.174. The van der Waals surface area contributed by atoms with Gasteiger partial charge in [-0.25, -0.2) is 4.18 Å². The maximum Gasteiger partial charge on any atom is 0.397 e. The summed E-state index contributed by atoms with van der Waals surface area (Å²) in [6.07, 6.45) is 0.706. The minimum absolute atomic E-state index is 0.544. The van der Waals surface area contributed by atoms with Crippen molar-refractivity contribution in [2.75, 3.05) is 0 Å². The van der Waals surface area contributed by atoms with Gasteiger partial charge in [-0.2, -0.15) is 8.42 Å². The highest BCUT2D eigenvalue weighted by Gasteiger charge is 2.18. The highest BCUT2D eigenvalue weighted by Crippen LogP contribution is 2.24. The van der Waals surface area contributed by atoms with Gasteiger partial charge in [0, 0.05) is 0 Å². The molecule has 0 spiro atoms. The molecule has 0 aliphatic carbocycles. The summed E-state index contributed by atoms with van der Waals surface area (Å²) < 4.78 is 34.7. The quantitative estimate of drug-likeness (QED) is 0.809. The number of benzene rings is 1. The van der Waals surface area contributed by atoms with Crippen LogP contribution in [0, 0.1) is 6.92 Å². The van der Waals surface area contributed by atoms with Crippen LogP contribution >= 0.6 is 0 Å². The number of hydrogen-bond donors (Lipinski definition) is 1. The molecule has 1 aromatic carbocycles. The lowest BCUT2D eigenvalue weighted by atomic mass is 10.0. The van der Waals surface area contributed by atoms with Crippen molar-refractivity contribution in [1.29, 1.82) is 0 Å². The van der Waals surface area contributed by atoms with E-state index in [0.717, 1.165) is 17.5 Å². The first-order valence-electron chi connectivity index (χ1n) is 5.14. The predicted octanol–water partition coefficient (Wildman–Crippen LogP) is 2.66. The Bertz CT molecular complexity index is 422. The van der Waals surface area contributed by atoms with E-state index in [1.54, 1.807) is 12.1 Å². The second-order valence-electron chi connectivity index (χ2n) is 3.71. The van der Waals surface area contributed by atoms with E-state index in [4.69, 9.17) is 4.55 Å². The van der Waals surface area contributed by atoms with E-state index in [2.05, 4.69) is 4.18 Å². The van der Waals surface area contributed by atoms with Gasteiger partial charge in [0.15, 0.2) is 0 Å². The van der Waals surface area contributed by atoms with Gasteiger partial charge in [0.05, 0.1) is 0 Å². The smallest absolute Gasteiger partial charge is 0.264 e. The molecule has 1 unspecified atom stereocenters. The van der Waals surface area contributed by atoms with Crippen molar-refractivity contribution in [3.8, 4) is 0 Å². The lowest BCUT2D eigenvalue weighted by Gasteiger charge is -2.15. The molecule has 0 amide bonds. The highest BCUT2D eigenvalue weighted by atomic mass is 32.3. The van der Waals surface area contributed by atoms with Crippen molar-refractivity contribution in [3.63, 3.8) is 0 Å². The van der Waals surface area contributed by atoms with Gasteiger partial charge in [-0.1, -0.05) is 43.2 Å². The molecule has 90 valence electrons. The first-order chi connectivity index (χ1) is 7.42. The van der Waals surface area contributed by atoms with E-state index in [1.165, 1.54) is 0 Å². The molecule has 16 heavy (non-hydrogen) atoms. The molecule has 0 aromatic heterocycles. The van der Waals surface area contributed by atoms with Crippen LogP contribution in [0.25, 0.3) is 0 Å². The van der Waals surface area contributed by atoms with Crippen LogP contribution in [-0.4, -0.2) is 13.0 Å². The Morgan fingerprint density at radius 2 is 1.88 bits per heavy atom. The first kappa shape index (κ1) is 13.2. The minimum Gasteiger partial charge on any atom is -0.264 e. The normalized spacial score (nSPS) is 13.7. The van der Waals surface area contributed by atoms with Crippen molar-refractivity contribution in [2.24, 2.45) is 0 Å². The summed E-state index contributed by atoms with van der Waals surface area (Å²) in [4.78, 5) is 0. The van der Waals surface area contributed by atoms with Crippen LogP contribution in [0.5, 0.6) is 0 Å². The Hall–Kier alpha value is -0.910. The summed E-state index contributed by atoms with van der Waals surface area (Å²) in [6.45, 7) is 3.87. The molecule has 0 saturated carbocycles. The Labute approximate surface area is 96.2 Å². The van der Waals surface area contributed by atoms with Crippen LogP contribution in [0.4, 0.5) is 0 Å². The molecular weight excluding hydrogens is 228 g/mol. The number of hydrogen-bond acceptors (Lipinski definition) is 3. The molecule has 0 radical (unpaired) electrons. The second-order valence-corrected chi connectivity index (χ2v) is 4.76. The Kier molecular flexibility index (Phi) is 4.46. The molecule has 0 fully saturated rings. The summed E-state index contributed by atoms with van der Waals surface area (Å²) in [5.41, 5.74) is 1.84. The van der Waals surface area contributed by atoms with Crippen LogP contribution in [0.2, 0.25) is 0 Å². The van der Waals surface area contributed by atoms with Gasteiger partial charge in [-0.05, 0) is 18.9 Å². The zero-order chi connectivity index (χ0) is 12.2. The molecule has 1 aromatic rings. The van der Waals surface area contributed by atoms with E-state index in [9.17, 15) is 8.42 Å². The van der Waals surface area contributed by atoms with E-state index < -0.39 is 16.5 Å². The minimum atomic E-state index is -4.40. The van der Waals surface area contributed by atoms with Gasteiger partial charge in [0.2, 0.25) is 0 Å². The number of aryl methyl sites for hydroxylation is 1. The largest absolute Gasteiger partial charge is 0.397 e. The Balaban J connectivity index is 2.89. The Morgan fingerprint density at radius 3 is 2.31 bits per heavy atom. The zero-order valence-corrected chi connectivity index (χ0v) is 10.2. The van der Waals surface area contributed by atoms with Crippen molar-refractivity contribution >= 4 is 10.4 Å². The van der Waals surface area contributed by atoms with E-state index in [-0.39, 0.29) is 0 Å². The highest BCUT2D eigenvalue weighted by molar-refractivity contribution is 7.80. The third kappa shape index (κ3) is 4.30. The predicted molar refractivity (Wildman–Crippen MR) is 61.5 cm³/mol. The lowest BCUT2D eigenvalue weighted by Crippen LogP contribution is -2.10. The van der Waals surface area contributed by atoms with Crippen LogP contribution in [0.3, 0.4) is 0 Å². The molecule has 4 nitrogen and oxygen atoms in total. The third-order valence-corrected chi connectivity index (χ3v) is 2.71. The topological polar surface area (TPSA) is 63.6 Å². The van der Waals surface area contributed by atoms with Crippen molar-refractivity contribution < 1.29 is 17.2 Å². The van der Waals surface area contributed by atoms with Gasteiger partial charge in [0.25, 0.3) is 0 Å². The SMILES string of the molecule is CCCC(OS(=O)(=O)O)c1ccc(C)cc1. The van der Waals surface area contributed by atoms with Crippen LogP contribution < -0.4 is 0 Å². The summed E-state index contributed by atoms with van der Waals surface area (Å²) in [5.74, 6) is 0. The fourth-order valence-electron chi connectivity index (χ4n) is 1.46. The summed E-state index contributed by atoms with van der Waals surface area (Å²) in [5, 5.41) is 0. The molecule has 1 N–H and O–H groups in total. The third-order valence-electron chi connectivity index (χ3n) is 2.24. The van der Waals surface area contributed by atoms with E-state index in [1.807, 2.05) is 26.0 Å². The van der Waals surface area contributed by atoms with Crippen LogP contribution in [0.15, 0.2) is 24.3 Å². The monoisotopic (exact) mass is 244 g/mol. The Morgan fingerprint density at radius 1 is 1.31 bits per heavy atom. The average molecular weight is 244 g/mol. The molecule has 0 heterocycles. The average Bonchev–Trinajstić information content (AvgIpc) is 2.16. The second kappa shape index (κ2) is 5.43. The zero-order valence-electron chi connectivity index (χ0n) is 9.38. The summed E-state index contributed by atoms with van der Waals surface area (Å²) in [7, 11) is -4.40. The van der Waals surface area contributed by atoms with Gasteiger partial charge in [0.1, 0.15) is 6.10 Å². The number of rotatable bonds is 5. The van der Waals surface area contributed by atoms with Gasteiger partial charge in [-0.15, -0.1) is 0 Å². The maximum absolute atomic E-state index is 10.7. The van der Waals surface area contributed by atoms with Crippen molar-refractivity contribution in [2.45, 2.75) is 32.8 Å². The van der Waals surface area contributed by atoms with Gasteiger partial charge >= 0.3 is 10.4 Å². The summed E-state index contributed by atoms with van der Waals surface area (Å²) >= 11 is 0. The fourth-order valence-corrected chi connectivity index (χ4v) is 1.96. The summed E-state index contributed by atoms with van der Waals surface area (Å²) in [6, 6.07) is 7.37. The van der Waals surface area contributed by atoms with E-state index in [0.29, 0.717) is 6.42 Å². The maximum atomic E-state index is 10.7. The molecular formula is C11H16O4S. The standard InChI is InChI=1S/C11H16O4S/c1-3-4-11(15-16(12,13)14)10-7-5-9(2)6-8-10/h5-8,11H,3-4H2,1-2H3,(H,12,13,14).